The van der Waals surface area contributed by atoms with Gasteiger partial charge in [0.2, 0.25) is 0 Å². The van der Waals surface area contributed by atoms with E-state index in [2.05, 4.69) is 43.4 Å². The van der Waals surface area contributed by atoms with Crippen LogP contribution in [0.1, 0.15) is 45.1 Å². The number of hydrogen-bond donors (Lipinski definition) is 1. The molecule has 106 valence electrons. The molecule has 1 N–H and O–H groups in total. The van der Waals surface area contributed by atoms with E-state index in [1.54, 1.807) is 0 Å². The van der Waals surface area contributed by atoms with E-state index in [4.69, 9.17) is 4.74 Å². The molecule has 1 aromatic carbocycles. The summed E-state index contributed by atoms with van der Waals surface area (Å²) < 4.78 is 5.66. The number of rotatable bonds is 9. The van der Waals surface area contributed by atoms with Crippen LogP contribution in [-0.4, -0.2) is 13.2 Å². The maximum atomic E-state index is 5.66. The lowest BCUT2D eigenvalue weighted by Gasteiger charge is -2.11. The highest BCUT2D eigenvalue weighted by molar-refractivity contribution is 5.27. The van der Waals surface area contributed by atoms with Crippen LogP contribution in [0.4, 0.5) is 0 Å². The zero-order chi connectivity index (χ0) is 13.5. The zero-order valence-electron chi connectivity index (χ0n) is 12.3. The van der Waals surface area contributed by atoms with Gasteiger partial charge < -0.3 is 10.1 Å². The standard InChI is InChI=1S/C17H27NO/c1-3-4-11-19-17-9-5-15(6-10-17)13-18-12-14(2)16-7-8-16/h5-6,9-10,14,16,18H,3-4,7-8,11-13H2,1-2H3. The molecule has 0 radical (unpaired) electrons. The second kappa shape index (κ2) is 7.54. The van der Waals surface area contributed by atoms with E-state index in [-0.39, 0.29) is 0 Å². The van der Waals surface area contributed by atoms with E-state index in [9.17, 15) is 0 Å². The molecule has 1 atom stereocenters. The lowest BCUT2D eigenvalue weighted by Crippen LogP contribution is -2.21. The summed E-state index contributed by atoms with van der Waals surface area (Å²) in [6.45, 7) is 7.47. The van der Waals surface area contributed by atoms with Crippen molar-refractivity contribution in [2.24, 2.45) is 11.8 Å². The molecule has 2 nitrogen and oxygen atoms in total. The molecule has 0 bridgehead atoms. The lowest BCUT2D eigenvalue weighted by molar-refractivity contribution is 0.309. The van der Waals surface area contributed by atoms with Crippen LogP contribution in [0, 0.1) is 11.8 Å². The molecule has 0 saturated heterocycles. The Bertz CT molecular complexity index is 356. The number of ether oxygens (including phenoxy) is 1. The molecule has 0 aromatic heterocycles. The van der Waals surface area contributed by atoms with E-state index in [0.29, 0.717) is 0 Å². The average molecular weight is 261 g/mol. The third-order valence-corrected chi connectivity index (χ3v) is 3.91. The van der Waals surface area contributed by atoms with Crippen LogP contribution >= 0.6 is 0 Å². The fourth-order valence-corrected chi connectivity index (χ4v) is 2.31. The molecule has 0 spiro atoms. The second-order valence-corrected chi connectivity index (χ2v) is 5.79. The van der Waals surface area contributed by atoms with Crippen molar-refractivity contribution in [2.45, 2.75) is 46.1 Å². The Kier molecular flexibility index (Phi) is 5.71. The Morgan fingerprint density at radius 3 is 2.63 bits per heavy atom. The maximum Gasteiger partial charge on any atom is 0.119 e. The third-order valence-electron chi connectivity index (χ3n) is 3.91. The SMILES string of the molecule is CCCCOc1ccc(CNCC(C)C2CC2)cc1. The van der Waals surface area contributed by atoms with Crippen molar-refractivity contribution in [2.75, 3.05) is 13.2 Å². The summed E-state index contributed by atoms with van der Waals surface area (Å²) in [6.07, 6.45) is 5.18. The van der Waals surface area contributed by atoms with Crippen LogP contribution in [0.2, 0.25) is 0 Å². The van der Waals surface area contributed by atoms with Gasteiger partial charge in [0.1, 0.15) is 5.75 Å². The summed E-state index contributed by atoms with van der Waals surface area (Å²) in [5.74, 6) is 2.81. The van der Waals surface area contributed by atoms with Gasteiger partial charge in [0.15, 0.2) is 0 Å². The summed E-state index contributed by atoms with van der Waals surface area (Å²) in [6, 6.07) is 8.49. The monoisotopic (exact) mass is 261 g/mol. The highest BCUT2D eigenvalue weighted by atomic mass is 16.5. The second-order valence-electron chi connectivity index (χ2n) is 5.79. The highest BCUT2D eigenvalue weighted by Crippen LogP contribution is 2.36. The summed E-state index contributed by atoms with van der Waals surface area (Å²) in [5, 5.41) is 3.55. The van der Waals surface area contributed by atoms with Crippen LogP contribution in [0.3, 0.4) is 0 Å². The van der Waals surface area contributed by atoms with Crippen molar-refractivity contribution in [1.29, 1.82) is 0 Å². The van der Waals surface area contributed by atoms with Crippen molar-refractivity contribution >= 4 is 0 Å². The normalized spacial score (nSPS) is 16.3. The van der Waals surface area contributed by atoms with Gasteiger partial charge in [-0.1, -0.05) is 32.4 Å². The van der Waals surface area contributed by atoms with Crippen LogP contribution in [-0.2, 0) is 6.54 Å². The quantitative estimate of drug-likeness (QED) is 0.678. The number of nitrogens with one attached hydrogen (secondary N) is 1. The van der Waals surface area contributed by atoms with E-state index in [1.165, 1.54) is 24.8 Å². The Morgan fingerprint density at radius 2 is 2.00 bits per heavy atom. The molecule has 1 aromatic rings. The molecule has 0 heterocycles. The smallest absolute Gasteiger partial charge is 0.119 e. The predicted octanol–water partition coefficient (Wildman–Crippen LogP) is 4.00. The van der Waals surface area contributed by atoms with E-state index >= 15 is 0 Å². The first-order chi connectivity index (χ1) is 9.29. The first-order valence-electron chi connectivity index (χ1n) is 7.72. The first kappa shape index (κ1) is 14.4. The van der Waals surface area contributed by atoms with Crippen molar-refractivity contribution in [3.63, 3.8) is 0 Å². The van der Waals surface area contributed by atoms with Gasteiger partial charge in [-0.3, -0.25) is 0 Å². The Labute approximate surface area is 117 Å². The van der Waals surface area contributed by atoms with Gasteiger partial charge in [-0.25, -0.2) is 0 Å². The average Bonchev–Trinajstić information content (AvgIpc) is 3.25. The van der Waals surface area contributed by atoms with Gasteiger partial charge in [0, 0.05) is 6.54 Å². The van der Waals surface area contributed by atoms with Gasteiger partial charge in [-0.05, 0) is 55.3 Å². The lowest BCUT2D eigenvalue weighted by atomic mass is 10.1. The fourth-order valence-electron chi connectivity index (χ4n) is 2.31. The Morgan fingerprint density at radius 1 is 1.26 bits per heavy atom. The van der Waals surface area contributed by atoms with Gasteiger partial charge >= 0.3 is 0 Å². The van der Waals surface area contributed by atoms with E-state index in [1.807, 2.05) is 0 Å². The summed E-state index contributed by atoms with van der Waals surface area (Å²) in [4.78, 5) is 0. The van der Waals surface area contributed by atoms with Gasteiger partial charge in [-0.2, -0.15) is 0 Å². The minimum absolute atomic E-state index is 0.826. The Balaban J connectivity index is 1.66. The molecule has 1 unspecified atom stereocenters. The molecule has 19 heavy (non-hydrogen) atoms. The third kappa shape index (κ3) is 5.23. The van der Waals surface area contributed by atoms with E-state index in [0.717, 1.165) is 43.7 Å². The number of benzene rings is 1. The van der Waals surface area contributed by atoms with Gasteiger partial charge in [-0.15, -0.1) is 0 Å². The molecule has 1 fully saturated rings. The largest absolute Gasteiger partial charge is 0.494 e. The topological polar surface area (TPSA) is 21.3 Å². The zero-order valence-corrected chi connectivity index (χ0v) is 12.3. The van der Waals surface area contributed by atoms with Crippen LogP contribution in [0.25, 0.3) is 0 Å². The minimum atomic E-state index is 0.826. The maximum absolute atomic E-state index is 5.66. The van der Waals surface area contributed by atoms with E-state index < -0.39 is 0 Å². The van der Waals surface area contributed by atoms with Gasteiger partial charge in [0.05, 0.1) is 6.61 Å². The Hall–Kier alpha value is -1.02. The fraction of sp³-hybridized carbons (Fsp3) is 0.647. The predicted molar refractivity (Wildman–Crippen MR) is 80.4 cm³/mol. The summed E-state index contributed by atoms with van der Waals surface area (Å²) in [7, 11) is 0. The molecule has 0 aliphatic heterocycles. The van der Waals surface area contributed by atoms with Crippen molar-refractivity contribution in [3.05, 3.63) is 29.8 Å². The molecule has 2 heteroatoms. The van der Waals surface area contributed by atoms with Crippen LogP contribution < -0.4 is 10.1 Å². The van der Waals surface area contributed by atoms with Crippen molar-refractivity contribution in [1.82, 2.24) is 5.32 Å². The summed E-state index contributed by atoms with van der Waals surface area (Å²) in [5.41, 5.74) is 1.34. The number of unbranched alkanes of at least 4 members (excludes halogenated alkanes) is 1. The molecule has 0 amide bonds. The van der Waals surface area contributed by atoms with Gasteiger partial charge in [0.25, 0.3) is 0 Å². The molecule has 1 aliphatic carbocycles. The first-order valence-corrected chi connectivity index (χ1v) is 7.72. The molecule has 2 rings (SSSR count). The van der Waals surface area contributed by atoms with Crippen LogP contribution in [0.15, 0.2) is 24.3 Å². The van der Waals surface area contributed by atoms with Crippen molar-refractivity contribution < 1.29 is 4.74 Å². The molecular formula is C17H27NO. The van der Waals surface area contributed by atoms with Crippen molar-refractivity contribution in [3.8, 4) is 5.75 Å². The highest BCUT2D eigenvalue weighted by Gasteiger charge is 2.27. The molecule has 1 aliphatic rings. The molecular weight excluding hydrogens is 234 g/mol. The minimum Gasteiger partial charge on any atom is -0.494 e. The number of hydrogen-bond acceptors (Lipinski definition) is 2. The van der Waals surface area contributed by atoms with Crippen LogP contribution in [0.5, 0.6) is 5.75 Å². The summed E-state index contributed by atoms with van der Waals surface area (Å²) >= 11 is 0. The molecule has 1 saturated carbocycles.